The predicted molar refractivity (Wildman–Crippen MR) is 57.9 cm³/mol. The van der Waals surface area contributed by atoms with Crippen molar-refractivity contribution < 1.29 is 9.47 Å². The van der Waals surface area contributed by atoms with Crippen LogP contribution >= 0.6 is 0 Å². The van der Waals surface area contributed by atoms with E-state index in [0.717, 1.165) is 18.0 Å². The molecule has 0 aromatic heterocycles. The highest BCUT2D eigenvalue weighted by molar-refractivity contribution is 5.44. The summed E-state index contributed by atoms with van der Waals surface area (Å²) in [5.41, 5.74) is 6.70. The van der Waals surface area contributed by atoms with Crippen molar-refractivity contribution in [1.82, 2.24) is 5.32 Å². The van der Waals surface area contributed by atoms with E-state index < -0.39 is 0 Å². The molecule has 15 heavy (non-hydrogen) atoms. The minimum Gasteiger partial charge on any atom is -0.454 e. The summed E-state index contributed by atoms with van der Waals surface area (Å²) in [6, 6.07) is 6.30. The van der Waals surface area contributed by atoms with Crippen LogP contribution < -0.4 is 20.5 Å². The summed E-state index contributed by atoms with van der Waals surface area (Å²) in [5.74, 6) is 1.65. The Kier molecular flexibility index (Phi) is 3.08. The van der Waals surface area contributed by atoms with Gasteiger partial charge in [-0.2, -0.15) is 0 Å². The van der Waals surface area contributed by atoms with Crippen LogP contribution in [0.1, 0.15) is 12.5 Å². The van der Waals surface area contributed by atoms with E-state index in [1.165, 1.54) is 5.56 Å². The van der Waals surface area contributed by atoms with Gasteiger partial charge in [0.1, 0.15) is 0 Å². The molecule has 1 aromatic rings. The minimum atomic E-state index is 0.325. The van der Waals surface area contributed by atoms with Gasteiger partial charge in [0, 0.05) is 19.1 Å². The van der Waals surface area contributed by atoms with Gasteiger partial charge in [-0.15, -0.1) is 0 Å². The van der Waals surface area contributed by atoms with E-state index in [4.69, 9.17) is 15.2 Å². The smallest absolute Gasteiger partial charge is 0.231 e. The Balaban J connectivity index is 1.98. The fraction of sp³-hybridized carbons (Fsp3) is 0.455. The molecule has 0 radical (unpaired) electrons. The first-order valence-corrected chi connectivity index (χ1v) is 5.11. The molecule has 1 aliphatic heterocycles. The second kappa shape index (κ2) is 4.51. The lowest BCUT2D eigenvalue weighted by Crippen LogP contribution is -2.32. The Morgan fingerprint density at radius 1 is 1.40 bits per heavy atom. The normalized spacial score (nSPS) is 15.3. The molecule has 1 aliphatic rings. The van der Waals surface area contributed by atoms with Gasteiger partial charge in [-0.25, -0.2) is 0 Å². The van der Waals surface area contributed by atoms with Crippen LogP contribution in [-0.2, 0) is 6.54 Å². The molecular weight excluding hydrogens is 192 g/mol. The summed E-state index contributed by atoms with van der Waals surface area (Å²) >= 11 is 0. The van der Waals surface area contributed by atoms with Crippen LogP contribution in [0.2, 0.25) is 0 Å². The monoisotopic (exact) mass is 208 g/mol. The number of ether oxygens (including phenoxy) is 2. The lowest BCUT2D eigenvalue weighted by atomic mass is 10.2. The van der Waals surface area contributed by atoms with Gasteiger partial charge in [0.2, 0.25) is 6.79 Å². The van der Waals surface area contributed by atoms with Crippen molar-refractivity contribution in [3.8, 4) is 11.5 Å². The SMILES string of the molecule is CC(CN)NCc1ccc2c(c1)OCO2. The van der Waals surface area contributed by atoms with Gasteiger partial charge < -0.3 is 20.5 Å². The molecule has 3 N–H and O–H groups in total. The Labute approximate surface area is 89.4 Å². The molecule has 1 atom stereocenters. The van der Waals surface area contributed by atoms with Crippen molar-refractivity contribution in [3.05, 3.63) is 23.8 Å². The molecule has 0 fully saturated rings. The fourth-order valence-electron chi connectivity index (χ4n) is 1.43. The van der Waals surface area contributed by atoms with Crippen LogP contribution in [0, 0.1) is 0 Å². The molecule has 0 saturated heterocycles. The second-order valence-corrected chi connectivity index (χ2v) is 3.71. The molecule has 0 amide bonds. The number of hydrogen-bond donors (Lipinski definition) is 2. The van der Waals surface area contributed by atoms with Crippen LogP contribution in [0.25, 0.3) is 0 Å². The number of rotatable bonds is 4. The maximum Gasteiger partial charge on any atom is 0.231 e. The molecule has 0 aliphatic carbocycles. The largest absolute Gasteiger partial charge is 0.454 e. The van der Waals surface area contributed by atoms with Crippen LogP contribution in [-0.4, -0.2) is 19.4 Å². The number of fused-ring (bicyclic) bond motifs is 1. The van der Waals surface area contributed by atoms with Crippen LogP contribution in [0.4, 0.5) is 0 Å². The molecule has 4 nitrogen and oxygen atoms in total. The molecule has 0 saturated carbocycles. The fourth-order valence-corrected chi connectivity index (χ4v) is 1.43. The number of hydrogen-bond acceptors (Lipinski definition) is 4. The third kappa shape index (κ3) is 2.40. The second-order valence-electron chi connectivity index (χ2n) is 3.71. The Hall–Kier alpha value is -1.26. The highest BCUT2D eigenvalue weighted by Gasteiger charge is 2.12. The summed E-state index contributed by atoms with van der Waals surface area (Å²) in [6.07, 6.45) is 0. The van der Waals surface area contributed by atoms with E-state index >= 15 is 0 Å². The van der Waals surface area contributed by atoms with E-state index in [2.05, 4.69) is 12.2 Å². The van der Waals surface area contributed by atoms with Crippen LogP contribution in [0.15, 0.2) is 18.2 Å². The Morgan fingerprint density at radius 2 is 2.20 bits per heavy atom. The van der Waals surface area contributed by atoms with Crippen molar-refractivity contribution in [1.29, 1.82) is 0 Å². The molecule has 0 bridgehead atoms. The Bertz CT molecular complexity index is 341. The zero-order valence-electron chi connectivity index (χ0n) is 8.82. The summed E-state index contributed by atoms with van der Waals surface area (Å²) < 4.78 is 10.5. The van der Waals surface area contributed by atoms with Crippen molar-refractivity contribution in [2.75, 3.05) is 13.3 Å². The quantitative estimate of drug-likeness (QED) is 0.770. The summed E-state index contributed by atoms with van der Waals surface area (Å²) in [4.78, 5) is 0. The van der Waals surface area contributed by atoms with Gasteiger partial charge in [0.25, 0.3) is 0 Å². The zero-order valence-corrected chi connectivity index (χ0v) is 8.82. The topological polar surface area (TPSA) is 56.5 Å². The molecule has 0 spiro atoms. The third-order valence-electron chi connectivity index (χ3n) is 2.45. The molecular formula is C11H16N2O2. The first kappa shape index (κ1) is 10.3. The van der Waals surface area contributed by atoms with E-state index in [1.54, 1.807) is 0 Å². The molecule has 1 unspecified atom stereocenters. The molecule has 1 aromatic carbocycles. The highest BCUT2D eigenvalue weighted by atomic mass is 16.7. The Morgan fingerprint density at radius 3 is 3.00 bits per heavy atom. The van der Waals surface area contributed by atoms with E-state index in [1.807, 2.05) is 18.2 Å². The highest BCUT2D eigenvalue weighted by Crippen LogP contribution is 2.32. The lowest BCUT2D eigenvalue weighted by Gasteiger charge is -2.11. The van der Waals surface area contributed by atoms with Crippen molar-refractivity contribution in [2.24, 2.45) is 5.73 Å². The average molecular weight is 208 g/mol. The van der Waals surface area contributed by atoms with Crippen molar-refractivity contribution in [3.63, 3.8) is 0 Å². The van der Waals surface area contributed by atoms with Gasteiger partial charge in [0.15, 0.2) is 11.5 Å². The van der Waals surface area contributed by atoms with Crippen LogP contribution in [0.3, 0.4) is 0 Å². The zero-order chi connectivity index (χ0) is 10.7. The summed E-state index contributed by atoms with van der Waals surface area (Å²) in [5, 5.41) is 3.32. The maximum absolute atomic E-state index is 5.52. The van der Waals surface area contributed by atoms with Crippen molar-refractivity contribution in [2.45, 2.75) is 19.5 Å². The summed E-state index contributed by atoms with van der Waals surface area (Å²) in [7, 11) is 0. The first-order chi connectivity index (χ1) is 7.29. The molecule has 1 heterocycles. The van der Waals surface area contributed by atoms with Crippen molar-refractivity contribution >= 4 is 0 Å². The number of nitrogens with two attached hydrogens (primary N) is 1. The van der Waals surface area contributed by atoms with Gasteiger partial charge in [-0.05, 0) is 24.6 Å². The molecule has 2 rings (SSSR count). The van der Waals surface area contributed by atoms with E-state index in [-0.39, 0.29) is 0 Å². The summed E-state index contributed by atoms with van der Waals surface area (Å²) in [6.45, 7) is 3.83. The standard InChI is InChI=1S/C11H16N2O2/c1-8(5-12)13-6-9-2-3-10-11(4-9)15-7-14-10/h2-4,8,13H,5-7,12H2,1H3. The van der Waals surface area contributed by atoms with E-state index in [0.29, 0.717) is 19.4 Å². The van der Waals surface area contributed by atoms with Gasteiger partial charge >= 0.3 is 0 Å². The average Bonchev–Trinajstić information content (AvgIpc) is 2.72. The maximum atomic E-state index is 5.52. The molecule has 4 heteroatoms. The number of benzene rings is 1. The van der Waals surface area contributed by atoms with E-state index in [9.17, 15) is 0 Å². The lowest BCUT2D eigenvalue weighted by molar-refractivity contribution is 0.174. The third-order valence-corrected chi connectivity index (χ3v) is 2.45. The van der Waals surface area contributed by atoms with Gasteiger partial charge in [-0.1, -0.05) is 6.07 Å². The molecule has 82 valence electrons. The first-order valence-electron chi connectivity index (χ1n) is 5.11. The predicted octanol–water partition coefficient (Wildman–Crippen LogP) is 0.852. The number of nitrogens with one attached hydrogen (secondary N) is 1. The van der Waals surface area contributed by atoms with Gasteiger partial charge in [-0.3, -0.25) is 0 Å². The minimum absolute atomic E-state index is 0.325. The van der Waals surface area contributed by atoms with Crippen LogP contribution in [0.5, 0.6) is 11.5 Å². The van der Waals surface area contributed by atoms with Gasteiger partial charge in [0.05, 0.1) is 0 Å².